The molecule has 0 aromatic heterocycles. The molecule has 14 heavy (non-hydrogen) atoms. The van der Waals surface area contributed by atoms with Crippen LogP contribution in [0.15, 0.2) is 30.3 Å². The molecule has 0 spiro atoms. The molecule has 4 heteroatoms. The van der Waals surface area contributed by atoms with E-state index in [0.29, 0.717) is 5.56 Å². The summed E-state index contributed by atoms with van der Waals surface area (Å²) in [6.45, 7) is 0. The van der Waals surface area contributed by atoms with E-state index in [2.05, 4.69) is 0 Å². The van der Waals surface area contributed by atoms with E-state index in [1.807, 2.05) is 0 Å². The minimum Gasteiger partial charge on any atom is -0.475 e. The Morgan fingerprint density at radius 3 is 2.64 bits per heavy atom. The van der Waals surface area contributed by atoms with Crippen molar-refractivity contribution in [1.29, 1.82) is 0 Å². The fourth-order valence-corrected chi connectivity index (χ4v) is 0.853. The summed E-state index contributed by atoms with van der Waals surface area (Å²) in [7, 11) is 0. The van der Waals surface area contributed by atoms with Gasteiger partial charge in [0.1, 0.15) is 5.82 Å². The van der Waals surface area contributed by atoms with Crippen LogP contribution in [0.5, 0.6) is 0 Å². The van der Waals surface area contributed by atoms with Crippen molar-refractivity contribution >= 4 is 17.8 Å². The van der Waals surface area contributed by atoms with Gasteiger partial charge in [0, 0.05) is 0 Å². The molecule has 1 N–H and O–H groups in total. The number of hydrogen-bond donors (Lipinski definition) is 1. The lowest BCUT2D eigenvalue weighted by Crippen LogP contribution is -2.08. The second kappa shape index (κ2) is 4.32. The highest BCUT2D eigenvalue weighted by Gasteiger charge is 2.05. The van der Waals surface area contributed by atoms with Gasteiger partial charge in [0.25, 0.3) is 5.78 Å². The number of rotatable bonds is 3. The Morgan fingerprint density at radius 2 is 2.07 bits per heavy atom. The highest BCUT2D eigenvalue weighted by molar-refractivity contribution is 6.38. The number of halogens is 1. The van der Waals surface area contributed by atoms with E-state index in [1.165, 1.54) is 24.3 Å². The summed E-state index contributed by atoms with van der Waals surface area (Å²) in [6.07, 6.45) is 2.14. The Balaban J connectivity index is 2.79. The fourth-order valence-electron chi connectivity index (χ4n) is 0.853. The fraction of sp³-hybridized carbons (Fsp3) is 0. The molecule has 0 atom stereocenters. The molecular weight excluding hydrogens is 187 g/mol. The van der Waals surface area contributed by atoms with Gasteiger partial charge >= 0.3 is 5.97 Å². The van der Waals surface area contributed by atoms with Gasteiger partial charge in [0.2, 0.25) is 0 Å². The topological polar surface area (TPSA) is 54.4 Å². The largest absolute Gasteiger partial charge is 0.475 e. The number of carboxylic acids is 1. The van der Waals surface area contributed by atoms with E-state index in [0.717, 1.165) is 6.08 Å². The summed E-state index contributed by atoms with van der Waals surface area (Å²) in [5, 5.41) is 8.24. The first-order valence-corrected chi connectivity index (χ1v) is 3.80. The van der Waals surface area contributed by atoms with Gasteiger partial charge in [0.15, 0.2) is 0 Å². The van der Waals surface area contributed by atoms with Crippen molar-refractivity contribution in [2.24, 2.45) is 0 Å². The molecule has 0 saturated heterocycles. The van der Waals surface area contributed by atoms with Crippen molar-refractivity contribution in [2.75, 3.05) is 0 Å². The molecule has 0 bridgehead atoms. The van der Waals surface area contributed by atoms with Crippen molar-refractivity contribution in [3.8, 4) is 0 Å². The number of carbonyl (C=O) groups is 2. The molecule has 0 unspecified atom stereocenters. The summed E-state index contributed by atoms with van der Waals surface area (Å²) >= 11 is 0. The summed E-state index contributed by atoms with van der Waals surface area (Å²) in [4.78, 5) is 20.7. The van der Waals surface area contributed by atoms with Crippen molar-refractivity contribution in [3.63, 3.8) is 0 Å². The first-order valence-electron chi connectivity index (χ1n) is 3.80. The Hall–Kier alpha value is -1.97. The Kier molecular flexibility index (Phi) is 3.12. The Labute approximate surface area is 79.5 Å². The minimum atomic E-state index is -1.53. The summed E-state index contributed by atoms with van der Waals surface area (Å²) in [5.41, 5.74) is 0.444. The molecule has 0 fully saturated rings. The molecule has 0 aliphatic heterocycles. The second-order valence-corrected chi connectivity index (χ2v) is 2.56. The van der Waals surface area contributed by atoms with E-state index in [-0.39, 0.29) is 0 Å². The molecule has 3 nitrogen and oxygen atoms in total. The highest BCUT2D eigenvalue weighted by atomic mass is 19.1. The number of ketones is 1. The number of hydrogen-bond acceptors (Lipinski definition) is 2. The summed E-state index contributed by atoms with van der Waals surface area (Å²) in [6, 6.07) is 5.50. The first-order chi connectivity index (χ1) is 6.59. The zero-order chi connectivity index (χ0) is 10.6. The number of carboxylic acid groups (broad SMARTS) is 1. The minimum absolute atomic E-state index is 0.435. The normalized spacial score (nSPS) is 10.4. The van der Waals surface area contributed by atoms with Gasteiger partial charge < -0.3 is 5.11 Å². The lowest BCUT2D eigenvalue weighted by molar-refractivity contribution is -0.146. The third kappa shape index (κ3) is 2.82. The second-order valence-electron chi connectivity index (χ2n) is 2.56. The average molecular weight is 194 g/mol. The maximum atomic E-state index is 12.6. The lowest BCUT2D eigenvalue weighted by atomic mass is 10.2. The van der Waals surface area contributed by atoms with E-state index >= 15 is 0 Å². The van der Waals surface area contributed by atoms with Gasteiger partial charge in [-0.3, -0.25) is 4.79 Å². The van der Waals surface area contributed by atoms with Crippen LogP contribution in [-0.4, -0.2) is 16.9 Å². The molecule has 0 heterocycles. The van der Waals surface area contributed by atoms with Crippen molar-refractivity contribution in [2.45, 2.75) is 0 Å². The first kappa shape index (κ1) is 10.1. The lowest BCUT2D eigenvalue weighted by Gasteiger charge is -1.91. The molecule has 0 aliphatic carbocycles. The molecule has 0 saturated carbocycles. The zero-order valence-electron chi connectivity index (χ0n) is 7.11. The Bertz CT molecular complexity index is 396. The smallest absolute Gasteiger partial charge is 0.376 e. The molecule has 1 rings (SSSR count). The van der Waals surface area contributed by atoms with Crippen LogP contribution < -0.4 is 0 Å². The van der Waals surface area contributed by atoms with Gasteiger partial charge in [-0.1, -0.05) is 18.2 Å². The summed E-state index contributed by atoms with van der Waals surface area (Å²) in [5.74, 6) is -3.00. The zero-order valence-corrected chi connectivity index (χ0v) is 7.11. The van der Waals surface area contributed by atoms with E-state index in [1.54, 1.807) is 6.07 Å². The van der Waals surface area contributed by atoms with Gasteiger partial charge in [-0.2, -0.15) is 0 Å². The molecule has 0 amide bonds. The molecule has 72 valence electrons. The number of aliphatic carboxylic acids is 1. The molecule has 0 radical (unpaired) electrons. The van der Waals surface area contributed by atoms with Crippen molar-refractivity contribution in [1.82, 2.24) is 0 Å². The van der Waals surface area contributed by atoms with Crippen molar-refractivity contribution in [3.05, 3.63) is 41.7 Å². The Morgan fingerprint density at radius 1 is 1.36 bits per heavy atom. The van der Waals surface area contributed by atoms with Crippen LogP contribution in [0.4, 0.5) is 4.39 Å². The molecule has 1 aromatic carbocycles. The van der Waals surface area contributed by atoms with Crippen LogP contribution >= 0.6 is 0 Å². The van der Waals surface area contributed by atoms with Gasteiger partial charge in [-0.05, 0) is 23.8 Å². The van der Waals surface area contributed by atoms with Gasteiger partial charge in [-0.25, -0.2) is 9.18 Å². The average Bonchev–Trinajstić information content (AvgIpc) is 2.14. The SMILES string of the molecule is O=C(O)C(=O)C=Cc1cccc(F)c1. The quantitative estimate of drug-likeness (QED) is 0.585. The van der Waals surface area contributed by atoms with Crippen LogP contribution in [0.3, 0.4) is 0 Å². The van der Waals surface area contributed by atoms with Gasteiger partial charge in [-0.15, -0.1) is 0 Å². The van der Waals surface area contributed by atoms with Crippen LogP contribution in [-0.2, 0) is 9.59 Å². The maximum Gasteiger partial charge on any atom is 0.376 e. The highest BCUT2D eigenvalue weighted by Crippen LogP contribution is 2.05. The summed E-state index contributed by atoms with van der Waals surface area (Å²) < 4.78 is 12.6. The predicted molar refractivity (Wildman–Crippen MR) is 48.1 cm³/mol. The van der Waals surface area contributed by atoms with Crippen LogP contribution in [0.2, 0.25) is 0 Å². The third-order valence-electron chi connectivity index (χ3n) is 1.49. The third-order valence-corrected chi connectivity index (χ3v) is 1.49. The monoisotopic (exact) mass is 194 g/mol. The molecular formula is C10H7FO3. The van der Waals surface area contributed by atoms with Crippen LogP contribution in [0.25, 0.3) is 6.08 Å². The van der Waals surface area contributed by atoms with Crippen LogP contribution in [0.1, 0.15) is 5.56 Å². The number of carbonyl (C=O) groups excluding carboxylic acids is 1. The van der Waals surface area contributed by atoms with E-state index in [9.17, 15) is 14.0 Å². The standard InChI is InChI=1S/C10H7FO3/c11-8-3-1-2-7(6-8)4-5-9(12)10(13)14/h1-6H,(H,13,14). The molecule has 0 aliphatic rings. The van der Waals surface area contributed by atoms with Crippen LogP contribution in [0, 0.1) is 5.82 Å². The predicted octanol–water partition coefficient (Wildman–Crippen LogP) is 1.49. The van der Waals surface area contributed by atoms with Gasteiger partial charge in [0.05, 0.1) is 0 Å². The maximum absolute atomic E-state index is 12.6. The number of benzene rings is 1. The van der Waals surface area contributed by atoms with E-state index < -0.39 is 17.6 Å². The van der Waals surface area contributed by atoms with E-state index in [4.69, 9.17) is 5.11 Å². The molecule has 1 aromatic rings. The van der Waals surface area contributed by atoms with Crippen molar-refractivity contribution < 1.29 is 19.1 Å².